The number of carbonyl (C=O) groups excluding carboxylic acids is 2. The Morgan fingerprint density at radius 3 is 2.68 bits per heavy atom. The van der Waals surface area contributed by atoms with Crippen LogP contribution >= 0.6 is 11.8 Å². The van der Waals surface area contributed by atoms with Crippen LogP contribution in [0.15, 0.2) is 29.4 Å². The van der Waals surface area contributed by atoms with Gasteiger partial charge >= 0.3 is 0 Å². The molecular weight excluding hydrogens is 374 g/mol. The van der Waals surface area contributed by atoms with Gasteiger partial charge in [-0.05, 0) is 38.3 Å². The summed E-state index contributed by atoms with van der Waals surface area (Å²) in [6, 6.07) is 7.94. The fourth-order valence-electron chi connectivity index (χ4n) is 3.25. The summed E-state index contributed by atoms with van der Waals surface area (Å²) in [6.07, 6.45) is 4.62. The van der Waals surface area contributed by atoms with Crippen LogP contribution < -0.4 is 10.6 Å². The van der Waals surface area contributed by atoms with Crippen molar-refractivity contribution in [3.05, 3.63) is 35.7 Å². The number of nitrogens with zero attached hydrogens (tertiary/aromatic N) is 3. The fraction of sp³-hybridized carbons (Fsp3) is 0.500. The van der Waals surface area contributed by atoms with E-state index < -0.39 is 0 Å². The minimum Gasteiger partial charge on any atom is -0.352 e. The molecule has 0 aliphatic heterocycles. The average Bonchev–Trinajstić information content (AvgIpc) is 3.29. The Morgan fingerprint density at radius 1 is 1.25 bits per heavy atom. The molecular formula is C20H27N5O2S. The molecule has 0 saturated heterocycles. The molecule has 2 amide bonds. The molecule has 28 heavy (non-hydrogen) atoms. The molecule has 7 nitrogen and oxygen atoms in total. The van der Waals surface area contributed by atoms with Crippen LogP contribution in [0.2, 0.25) is 0 Å². The van der Waals surface area contributed by atoms with E-state index in [0.717, 1.165) is 24.1 Å². The molecule has 1 aliphatic carbocycles. The first-order chi connectivity index (χ1) is 13.4. The van der Waals surface area contributed by atoms with E-state index in [9.17, 15) is 9.59 Å². The van der Waals surface area contributed by atoms with Gasteiger partial charge in [0.2, 0.25) is 11.8 Å². The van der Waals surface area contributed by atoms with E-state index in [0.29, 0.717) is 17.0 Å². The number of para-hydroxylation sites is 1. The van der Waals surface area contributed by atoms with Gasteiger partial charge in [-0.3, -0.25) is 9.59 Å². The van der Waals surface area contributed by atoms with Crippen molar-refractivity contribution in [1.82, 2.24) is 20.1 Å². The molecule has 1 aliphatic rings. The second-order valence-corrected chi connectivity index (χ2v) is 8.56. The number of hydrogen-bond donors (Lipinski definition) is 2. The molecule has 0 unspecified atom stereocenters. The Labute approximate surface area is 169 Å². The number of anilines is 1. The van der Waals surface area contributed by atoms with Crippen molar-refractivity contribution in [2.24, 2.45) is 7.05 Å². The molecule has 1 fully saturated rings. The van der Waals surface area contributed by atoms with Crippen molar-refractivity contribution in [3.8, 4) is 0 Å². The molecule has 1 atom stereocenters. The smallest absolute Gasteiger partial charge is 0.233 e. The van der Waals surface area contributed by atoms with E-state index in [-0.39, 0.29) is 23.5 Å². The molecule has 1 saturated carbocycles. The summed E-state index contributed by atoms with van der Waals surface area (Å²) in [5.41, 5.74) is 1.80. The summed E-state index contributed by atoms with van der Waals surface area (Å²) in [5.74, 6) is 0.448. The van der Waals surface area contributed by atoms with Gasteiger partial charge in [-0.25, -0.2) is 0 Å². The first kappa shape index (κ1) is 20.4. The average molecular weight is 402 g/mol. The SMILES string of the molecule is Cc1ccccc1NC(=O)Cc1nnc(S[C@@H](C)C(=O)NC2CCCC2)n1C. The predicted octanol–water partition coefficient (Wildman–Crippen LogP) is 2.84. The Balaban J connectivity index is 1.56. The van der Waals surface area contributed by atoms with Crippen LogP contribution in [0, 0.1) is 6.92 Å². The Morgan fingerprint density at radius 2 is 1.96 bits per heavy atom. The van der Waals surface area contributed by atoms with E-state index >= 15 is 0 Å². The summed E-state index contributed by atoms with van der Waals surface area (Å²) in [5, 5.41) is 14.7. The maximum atomic E-state index is 12.4. The summed E-state index contributed by atoms with van der Waals surface area (Å²) in [4.78, 5) is 24.7. The highest BCUT2D eigenvalue weighted by Crippen LogP contribution is 2.23. The van der Waals surface area contributed by atoms with Crippen molar-refractivity contribution in [2.45, 2.75) is 62.4 Å². The molecule has 150 valence electrons. The number of aromatic nitrogens is 3. The standard InChI is InChI=1S/C20H27N5O2S/c1-13-8-4-7-11-16(13)22-18(26)12-17-23-24-20(25(17)3)28-14(2)19(27)21-15-9-5-6-10-15/h4,7-8,11,14-15H,5-6,9-10,12H2,1-3H3,(H,21,27)(H,22,26)/t14-/m0/s1. The highest BCUT2D eigenvalue weighted by molar-refractivity contribution is 8.00. The van der Waals surface area contributed by atoms with Gasteiger partial charge in [0, 0.05) is 18.8 Å². The predicted molar refractivity (Wildman–Crippen MR) is 110 cm³/mol. The van der Waals surface area contributed by atoms with E-state index in [1.165, 1.54) is 24.6 Å². The zero-order chi connectivity index (χ0) is 20.1. The summed E-state index contributed by atoms with van der Waals surface area (Å²) in [6.45, 7) is 3.82. The van der Waals surface area contributed by atoms with Crippen LogP contribution in [0.25, 0.3) is 0 Å². The van der Waals surface area contributed by atoms with Gasteiger partial charge in [-0.1, -0.05) is 42.8 Å². The number of thioether (sulfide) groups is 1. The lowest BCUT2D eigenvalue weighted by molar-refractivity contribution is -0.121. The van der Waals surface area contributed by atoms with Crippen molar-refractivity contribution in [1.29, 1.82) is 0 Å². The third-order valence-electron chi connectivity index (χ3n) is 5.02. The van der Waals surface area contributed by atoms with Gasteiger partial charge in [-0.2, -0.15) is 0 Å². The Bertz CT molecular complexity index is 845. The minimum atomic E-state index is -0.267. The first-order valence-electron chi connectivity index (χ1n) is 9.65. The topological polar surface area (TPSA) is 88.9 Å². The summed E-state index contributed by atoms with van der Waals surface area (Å²) < 4.78 is 1.78. The highest BCUT2D eigenvalue weighted by atomic mass is 32.2. The maximum Gasteiger partial charge on any atom is 0.233 e. The fourth-order valence-corrected chi connectivity index (χ4v) is 4.10. The summed E-state index contributed by atoms with van der Waals surface area (Å²) in [7, 11) is 1.82. The minimum absolute atomic E-state index is 0.0266. The van der Waals surface area contributed by atoms with Crippen LogP contribution in [0.1, 0.15) is 44.0 Å². The molecule has 0 spiro atoms. The molecule has 3 rings (SSSR count). The monoisotopic (exact) mass is 401 g/mol. The molecule has 2 aromatic rings. The van der Waals surface area contributed by atoms with E-state index in [1.807, 2.05) is 45.2 Å². The first-order valence-corrected chi connectivity index (χ1v) is 10.5. The van der Waals surface area contributed by atoms with Crippen molar-refractivity contribution >= 4 is 29.3 Å². The number of benzene rings is 1. The quantitative estimate of drug-likeness (QED) is 0.697. The number of nitrogens with one attached hydrogen (secondary N) is 2. The number of rotatable bonds is 7. The zero-order valence-electron chi connectivity index (χ0n) is 16.6. The lowest BCUT2D eigenvalue weighted by Crippen LogP contribution is -2.37. The molecule has 8 heteroatoms. The van der Waals surface area contributed by atoms with E-state index in [4.69, 9.17) is 0 Å². The maximum absolute atomic E-state index is 12.4. The number of carbonyl (C=O) groups is 2. The number of aryl methyl sites for hydroxylation is 1. The van der Waals surface area contributed by atoms with Crippen LogP contribution in [0.5, 0.6) is 0 Å². The normalized spacial score (nSPS) is 15.4. The van der Waals surface area contributed by atoms with Gasteiger partial charge in [0.15, 0.2) is 5.16 Å². The zero-order valence-corrected chi connectivity index (χ0v) is 17.4. The van der Waals surface area contributed by atoms with Gasteiger partial charge in [0.1, 0.15) is 5.82 Å². The Kier molecular flexibility index (Phi) is 6.72. The molecule has 2 N–H and O–H groups in total. The third kappa shape index (κ3) is 5.13. The van der Waals surface area contributed by atoms with Crippen molar-refractivity contribution in [3.63, 3.8) is 0 Å². The van der Waals surface area contributed by atoms with Crippen LogP contribution in [0.3, 0.4) is 0 Å². The van der Waals surface area contributed by atoms with E-state index in [1.54, 1.807) is 4.57 Å². The lowest BCUT2D eigenvalue weighted by Gasteiger charge is -2.16. The van der Waals surface area contributed by atoms with Crippen LogP contribution in [-0.2, 0) is 23.1 Å². The molecule has 1 aromatic heterocycles. The van der Waals surface area contributed by atoms with Gasteiger partial charge in [-0.15, -0.1) is 10.2 Å². The van der Waals surface area contributed by atoms with Crippen molar-refractivity contribution in [2.75, 3.05) is 5.32 Å². The van der Waals surface area contributed by atoms with E-state index in [2.05, 4.69) is 20.8 Å². The lowest BCUT2D eigenvalue weighted by atomic mass is 10.2. The van der Waals surface area contributed by atoms with Gasteiger partial charge in [0.05, 0.1) is 11.7 Å². The van der Waals surface area contributed by atoms with Gasteiger partial charge < -0.3 is 15.2 Å². The number of amides is 2. The molecule has 0 radical (unpaired) electrons. The molecule has 1 heterocycles. The molecule has 0 bridgehead atoms. The largest absolute Gasteiger partial charge is 0.352 e. The summed E-state index contributed by atoms with van der Waals surface area (Å²) >= 11 is 1.36. The van der Waals surface area contributed by atoms with Crippen LogP contribution in [-0.4, -0.2) is 37.9 Å². The van der Waals surface area contributed by atoms with Gasteiger partial charge in [0.25, 0.3) is 0 Å². The number of hydrogen-bond acceptors (Lipinski definition) is 5. The second kappa shape index (κ2) is 9.23. The highest BCUT2D eigenvalue weighted by Gasteiger charge is 2.23. The van der Waals surface area contributed by atoms with Crippen LogP contribution in [0.4, 0.5) is 5.69 Å². The second-order valence-electron chi connectivity index (χ2n) is 7.25. The third-order valence-corrected chi connectivity index (χ3v) is 6.15. The molecule has 1 aromatic carbocycles. The Hall–Kier alpha value is -2.35. The van der Waals surface area contributed by atoms with Crippen molar-refractivity contribution < 1.29 is 9.59 Å².